The molecule has 3 aromatic rings. The second-order valence-corrected chi connectivity index (χ2v) is 8.65. The lowest BCUT2D eigenvalue weighted by atomic mass is 9.82. The van der Waals surface area contributed by atoms with Gasteiger partial charge in [-0.25, -0.2) is 0 Å². The first-order valence-electron chi connectivity index (χ1n) is 10.7. The molecule has 0 unspecified atom stereocenters. The normalized spacial score (nSPS) is 17.9. The minimum atomic E-state index is -0.971. The predicted molar refractivity (Wildman–Crippen MR) is 123 cm³/mol. The zero-order valence-electron chi connectivity index (χ0n) is 18.3. The molecule has 0 spiro atoms. The molecule has 1 heterocycles. The standard InChI is InChI=1S/C27H28N2O2/c1-19-8-12-21(13-9-19)17-28-26(31)27(3)16-23-6-4-5-7-24(23)25(30)29(27)18-22-14-10-20(2)11-15-22/h4-15H,16-18H2,1-3H3,(H,28,31)/t27-/m1/s1. The lowest BCUT2D eigenvalue weighted by Crippen LogP contribution is -2.62. The van der Waals surface area contributed by atoms with Crippen LogP contribution in [0.1, 0.15) is 45.1 Å². The van der Waals surface area contributed by atoms with Crippen LogP contribution < -0.4 is 5.32 Å². The second kappa shape index (κ2) is 8.38. The lowest BCUT2D eigenvalue weighted by molar-refractivity contribution is -0.132. The van der Waals surface area contributed by atoms with Crippen LogP contribution in [0.2, 0.25) is 0 Å². The minimum absolute atomic E-state index is 0.101. The Hall–Kier alpha value is -3.40. The fourth-order valence-electron chi connectivity index (χ4n) is 4.12. The number of nitrogens with one attached hydrogen (secondary N) is 1. The maximum atomic E-state index is 13.5. The van der Waals surface area contributed by atoms with Gasteiger partial charge in [-0.15, -0.1) is 0 Å². The first-order valence-corrected chi connectivity index (χ1v) is 10.7. The average Bonchev–Trinajstić information content (AvgIpc) is 2.77. The summed E-state index contributed by atoms with van der Waals surface area (Å²) >= 11 is 0. The predicted octanol–water partition coefficient (Wildman–Crippen LogP) is 4.58. The fourth-order valence-corrected chi connectivity index (χ4v) is 4.12. The molecule has 0 aliphatic carbocycles. The van der Waals surface area contributed by atoms with Crippen molar-refractivity contribution in [2.24, 2.45) is 0 Å². The summed E-state index contributed by atoms with van der Waals surface area (Å²) in [5.74, 6) is -0.238. The summed E-state index contributed by atoms with van der Waals surface area (Å²) in [6.07, 6.45) is 0.487. The molecule has 2 amide bonds. The molecule has 4 heteroatoms. The molecule has 1 N–H and O–H groups in total. The van der Waals surface area contributed by atoms with Gasteiger partial charge in [0.25, 0.3) is 5.91 Å². The van der Waals surface area contributed by atoms with E-state index >= 15 is 0 Å². The molecular weight excluding hydrogens is 384 g/mol. The highest BCUT2D eigenvalue weighted by Crippen LogP contribution is 2.33. The van der Waals surface area contributed by atoms with E-state index in [2.05, 4.69) is 5.32 Å². The molecule has 0 saturated carbocycles. The Balaban J connectivity index is 1.63. The number of benzene rings is 3. The molecule has 0 aromatic heterocycles. The molecule has 0 radical (unpaired) electrons. The van der Waals surface area contributed by atoms with E-state index in [0.29, 0.717) is 25.1 Å². The fraction of sp³-hybridized carbons (Fsp3) is 0.259. The zero-order valence-corrected chi connectivity index (χ0v) is 18.3. The Morgan fingerprint density at radius 3 is 2.13 bits per heavy atom. The van der Waals surface area contributed by atoms with E-state index < -0.39 is 5.54 Å². The van der Waals surface area contributed by atoms with Crippen molar-refractivity contribution in [1.29, 1.82) is 0 Å². The maximum Gasteiger partial charge on any atom is 0.255 e. The van der Waals surface area contributed by atoms with E-state index in [1.807, 2.05) is 93.6 Å². The highest BCUT2D eigenvalue weighted by Gasteiger charge is 2.46. The second-order valence-electron chi connectivity index (χ2n) is 8.65. The van der Waals surface area contributed by atoms with Crippen LogP contribution >= 0.6 is 0 Å². The molecule has 1 atom stereocenters. The summed E-state index contributed by atoms with van der Waals surface area (Å²) in [4.78, 5) is 28.7. The molecule has 0 saturated heterocycles. The summed E-state index contributed by atoms with van der Waals surface area (Å²) < 4.78 is 0. The molecule has 31 heavy (non-hydrogen) atoms. The quantitative estimate of drug-likeness (QED) is 0.667. The Kier molecular flexibility index (Phi) is 5.64. The van der Waals surface area contributed by atoms with Gasteiger partial charge < -0.3 is 10.2 Å². The molecule has 0 bridgehead atoms. The average molecular weight is 413 g/mol. The Bertz CT molecular complexity index is 1100. The lowest BCUT2D eigenvalue weighted by Gasteiger charge is -2.44. The monoisotopic (exact) mass is 412 g/mol. The Morgan fingerprint density at radius 1 is 0.903 bits per heavy atom. The summed E-state index contributed by atoms with van der Waals surface area (Å²) in [5.41, 5.74) is 5.02. The molecule has 4 rings (SSSR count). The first kappa shape index (κ1) is 20.9. The van der Waals surface area contributed by atoms with Crippen LogP contribution in [0.25, 0.3) is 0 Å². The van der Waals surface area contributed by atoms with E-state index in [1.165, 1.54) is 5.56 Å². The number of aryl methyl sites for hydroxylation is 2. The highest BCUT2D eigenvalue weighted by atomic mass is 16.2. The minimum Gasteiger partial charge on any atom is -0.350 e. The molecular formula is C27H28N2O2. The smallest absolute Gasteiger partial charge is 0.255 e. The van der Waals surface area contributed by atoms with Crippen LogP contribution in [-0.4, -0.2) is 22.3 Å². The van der Waals surface area contributed by atoms with Gasteiger partial charge in [-0.2, -0.15) is 0 Å². The summed E-state index contributed by atoms with van der Waals surface area (Å²) in [5, 5.41) is 3.07. The van der Waals surface area contributed by atoms with Gasteiger partial charge >= 0.3 is 0 Å². The van der Waals surface area contributed by atoms with Crippen LogP contribution in [0.3, 0.4) is 0 Å². The van der Waals surface area contributed by atoms with Gasteiger partial charge in [0.1, 0.15) is 5.54 Å². The SMILES string of the molecule is Cc1ccc(CNC(=O)[C@@]2(C)Cc3ccccc3C(=O)N2Cc2ccc(C)cc2)cc1. The van der Waals surface area contributed by atoms with Crippen molar-refractivity contribution < 1.29 is 9.59 Å². The summed E-state index contributed by atoms with van der Waals surface area (Å²) in [6, 6.07) is 23.8. The van der Waals surface area contributed by atoms with E-state index in [0.717, 1.165) is 22.3 Å². The van der Waals surface area contributed by atoms with Gasteiger partial charge in [0.15, 0.2) is 0 Å². The third kappa shape index (κ3) is 4.24. The molecule has 0 fully saturated rings. The maximum absolute atomic E-state index is 13.5. The first-order chi connectivity index (χ1) is 14.9. The number of nitrogens with zero attached hydrogens (tertiary/aromatic N) is 1. The molecule has 158 valence electrons. The van der Waals surface area contributed by atoms with Gasteiger partial charge in [0, 0.05) is 25.1 Å². The van der Waals surface area contributed by atoms with Crippen LogP contribution in [0.5, 0.6) is 0 Å². The number of hydrogen-bond donors (Lipinski definition) is 1. The topological polar surface area (TPSA) is 49.4 Å². The molecule has 3 aromatic carbocycles. The largest absolute Gasteiger partial charge is 0.350 e. The van der Waals surface area contributed by atoms with E-state index in [9.17, 15) is 9.59 Å². The number of amides is 2. The summed E-state index contributed by atoms with van der Waals surface area (Å²) in [6.45, 7) is 6.77. The van der Waals surface area contributed by atoms with Crippen molar-refractivity contribution >= 4 is 11.8 Å². The number of rotatable bonds is 5. The zero-order chi connectivity index (χ0) is 22.0. The summed E-state index contributed by atoms with van der Waals surface area (Å²) in [7, 11) is 0. The van der Waals surface area contributed by atoms with Crippen LogP contribution in [0.15, 0.2) is 72.8 Å². The van der Waals surface area contributed by atoms with E-state index in [-0.39, 0.29) is 11.8 Å². The third-order valence-electron chi connectivity index (χ3n) is 6.15. The van der Waals surface area contributed by atoms with Gasteiger partial charge in [-0.05, 0) is 43.5 Å². The van der Waals surface area contributed by atoms with Crippen LogP contribution in [0, 0.1) is 13.8 Å². The third-order valence-corrected chi connectivity index (χ3v) is 6.15. The number of carbonyl (C=O) groups excluding carboxylic acids is 2. The molecule has 1 aliphatic rings. The van der Waals surface area contributed by atoms with Gasteiger partial charge in [0.2, 0.25) is 5.91 Å². The van der Waals surface area contributed by atoms with Gasteiger partial charge in [-0.3, -0.25) is 9.59 Å². The van der Waals surface area contributed by atoms with Gasteiger partial charge in [-0.1, -0.05) is 77.9 Å². The Labute approximate surface area is 183 Å². The van der Waals surface area contributed by atoms with Crippen molar-refractivity contribution in [3.8, 4) is 0 Å². The van der Waals surface area contributed by atoms with Crippen molar-refractivity contribution in [3.63, 3.8) is 0 Å². The van der Waals surface area contributed by atoms with Crippen molar-refractivity contribution in [2.75, 3.05) is 0 Å². The van der Waals surface area contributed by atoms with Crippen LogP contribution in [-0.2, 0) is 24.3 Å². The van der Waals surface area contributed by atoms with Crippen molar-refractivity contribution in [1.82, 2.24) is 10.2 Å². The highest BCUT2D eigenvalue weighted by molar-refractivity contribution is 6.02. The molecule has 1 aliphatic heterocycles. The number of hydrogen-bond acceptors (Lipinski definition) is 2. The van der Waals surface area contributed by atoms with Crippen LogP contribution in [0.4, 0.5) is 0 Å². The van der Waals surface area contributed by atoms with Crippen molar-refractivity contribution in [3.05, 3.63) is 106 Å². The number of carbonyl (C=O) groups is 2. The number of fused-ring (bicyclic) bond motifs is 1. The van der Waals surface area contributed by atoms with E-state index in [4.69, 9.17) is 0 Å². The van der Waals surface area contributed by atoms with Crippen molar-refractivity contribution in [2.45, 2.75) is 45.8 Å². The van der Waals surface area contributed by atoms with E-state index in [1.54, 1.807) is 4.90 Å². The molecule has 4 nitrogen and oxygen atoms in total. The van der Waals surface area contributed by atoms with Gasteiger partial charge in [0.05, 0.1) is 0 Å². The Morgan fingerprint density at radius 2 is 1.48 bits per heavy atom.